The summed E-state index contributed by atoms with van der Waals surface area (Å²) in [6.07, 6.45) is 14.2. The molecule has 0 aliphatic carbocycles. The van der Waals surface area contributed by atoms with E-state index >= 15 is 0 Å². The summed E-state index contributed by atoms with van der Waals surface area (Å²) in [6.45, 7) is 7.37. The molecule has 0 saturated carbocycles. The summed E-state index contributed by atoms with van der Waals surface area (Å²) in [5.41, 5.74) is 0.604. The Morgan fingerprint density at radius 3 is 2.33 bits per heavy atom. The molecule has 0 aromatic rings. The lowest BCUT2D eigenvalue weighted by molar-refractivity contribution is -0.134. The van der Waals surface area contributed by atoms with Crippen LogP contribution in [0.25, 0.3) is 0 Å². The highest BCUT2D eigenvalue weighted by molar-refractivity contribution is 5.93. The van der Waals surface area contributed by atoms with E-state index in [1.807, 2.05) is 6.08 Å². The Bertz CT molecular complexity index is 382. The van der Waals surface area contributed by atoms with Gasteiger partial charge in [0.05, 0.1) is 11.7 Å². The summed E-state index contributed by atoms with van der Waals surface area (Å²) in [4.78, 5) is 11.6. The van der Waals surface area contributed by atoms with Crippen LogP contribution >= 0.6 is 0 Å². The van der Waals surface area contributed by atoms with Gasteiger partial charge < -0.3 is 9.47 Å². The minimum absolute atomic E-state index is 0.163. The van der Waals surface area contributed by atoms with E-state index in [0.717, 1.165) is 19.3 Å². The lowest BCUT2D eigenvalue weighted by Gasteiger charge is -2.14. The zero-order valence-electron chi connectivity index (χ0n) is 13.2. The molecule has 0 aromatic carbocycles. The zero-order valence-corrected chi connectivity index (χ0v) is 13.2. The number of carbonyl (C=O) groups is 1. The van der Waals surface area contributed by atoms with Crippen molar-refractivity contribution < 1.29 is 14.3 Å². The van der Waals surface area contributed by atoms with E-state index in [4.69, 9.17) is 9.47 Å². The number of hydrogen-bond donors (Lipinski definition) is 0. The number of cyclic esters (lactones) is 1. The number of hydrogen-bond acceptors (Lipinski definition) is 3. The summed E-state index contributed by atoms with van der Waals surface area (Å²) in [5.74, 6) is 0.102. The summed E-state index contributed by atoms with van der Waals surface area (Å²) in [5, 5.41) is 0. The average molecular weight is 292 g/mol. The van der Waals surface area contributed by atoms with E-state index in [-0.39, 0.29) is 12.1 Å². The Balaban J connectivity index is 2.10. The lowest BCUT2D eigenvalue weighted by atomic mass is 10.0. The van der Waals surface area contributed by atoms with Crippen LogP contribution in [0.4, 0.5) is 0 Å². The Hall–Kier alpha value is -1.35. The first kappa shape index (κ1) is 17.7. The lowest BCUT2D eigenvalue weighted by Crippen LogP contribution is -2.18. The van der Waals surface area contributed by atoms with Crippen molar-refractivity contribution in [3.05, 3.63) is 36.6 Å². The number of unbranched alkanes of at least 4 members (excludes halogenated alkanes) is 7. The highest BCUT2D eigenvalue weighted by Crippen LogP contribution is 2.23. The van der Waals surface area contributed by atoms with Crippen LogP contribution < -0.4 is 0 Å². The van der Waals surface area contributed by atoms with Crippen LogP contribution in [0.3, 0.4) is 0 Å². The SMILES string of the molecule is C=CCCCCCCCCCC(OC)C1=CC(=C)OC1=O. The minimum atomic E-state index is -0.311. The van der Waals surface area contributed by atoms with Gasteiger partial charge in [0.25, 0.3) is 0 Å². The molecule has 1 aliphatic heterocycles. The first-order valence-electron chi connectivity index (χ1n) is 7.95. The van der Waals surface area contributed by atoms with Crippen LogP contribution in [0.15, 0.2) is 36.6 Å². The Labute approximate surface area is 128 Å². The number of allylic oxidation sites excluding steroid dienone is 2. The molecule has 0 aromatic heterocycles. The van der Waals surface area contributed by atoms with Crippen molar-refractivity contribution in [3.8, 4) is 0 Å². The third kappa shape index (κ3) is 6.76. The molecule has 3 nitrogen and oxygen atoms in total. The van der Waals surface area contributed by atoms with Crippen LogP contribution in [0.2, 0.25) is 0 Å². The first-order chi connectivity index (χ1) is 10.2. The van der Waals surface area contributed by atoms with Gasteiger partial charge in [-0.05, 0) is 25.3 Å². The van der Waals surface area contributed by atoms with Gasteiger partial charge in [-0.3, -0.25) is 0 Å². The van der Waals surface area contributed by atoms with Crippen LogP contribution in [0.1, 0.15) is 57.8 Å². The van der Waals surface area contributed by atoms with Crippen molar-refractivity contribution >= 4 is 5.97 Å². The van der Waals surface area contributed by atoms with Crippen molar-refractivity contribution in [1.29, 1.82) is 0 Å². The number of rotatable bonds is 12. The third-order valence-electron chi connectivity index (χ3n) is 3.78. The molecule has 118 valence electrons. The molecular formula is C18H28O3. The topological polar surface area (TPSA) is 35.5 Å². The van der Waals surface area contributed by atoms with Crippen LogP contribution in [-0.4, -0.2) is 19.2 Å². The van der Waals surface area contributed by atoms with E-state index in [9.17, 15) is 4.79 Å². The summed E-state index contributed by atoms with van der Waals surface area (Å²) >= 11 is 0. The number of ether oxygens (including phenoxy) is 2. The number of methoxy groups -OCH3 is 1. The molecule has 0 bridgehead atoms. The fraction of sp³-hybridized carbons (Fsp3) is 0.611. The summed E-state index contributed by atoms with van der Waals surface area (Å²) < 4.78 is 10.3. The standard InChI is InChI=1S/C18H28O3/c1-4-5-6-7-8-9-10-11-12-13-17(20-3)16-14-15(2)21-18(16)19/h4,14,17H,1-2,5-13H2,3H3. The molecule has 1 heterocycles. The maximum Gasteiger partial charge on any atom is 0.342 e. The monoisotopic (exact) mass is 292 g/mol. The quantitative estimate of drug-likeness (QED) is 0.297. The smallest absolute Gasteiger partial charge is 0.342 e. The van der Waals surface area contributed by atoms with E-state index in [2.05, 4.69) is 13.2 Å². The Morgan fingerprint density at radius 1 is 1.19 bits per heavy atom. The molecule has 1 atom stereocenters. The molecule has 0 spiro atoms. The maximum atomic E-state index is 11.6. The highest BCUT2D eigenvalue weighted by Gasteiger charge is 2.27. The van der Waals surface area contributed by atoms with Crippen molar-refractivity contribution in [2.45, 2.75) is 63.9 Å². The molecular weight excluding hydrogens is 264 g/mol. The van der Waals surface area contributed by atoms with E-state index in [1.54, 1.807) is 13.2 Å². The van der Waals surface area contributed by atoms with Gasteiger partial charge in [0, 0.05) is 7.11 Å². The normalized spacial score (nSPS) is 15.8. The van der Waals surface area contributed by atoms with Crippen molar-refractivity contribution in [2.24, 2.45) is 0 Å². The molecule has 1 unspecified atom stereocenters. The van der Waals surface area contributed by atoms with Crippen molar-refractivity contribution in [3.63, 3.8) is 0 Å². The molecule has 0 saturated heterocycles. The Morgan fingerprint density at radius 2 is 1.81 bits per heavy atom. The van der Waals surface area contributed by atoms with E-state index in [0.29, 0.717) is 11.3 Å². The van der Waals surface area contributed by atoms with Gasteiger partial charge in [-0.15, -0.1) is 6.58 Å². The molecule has 0 N–H and O–H groups in total. The third-order valence-corrected chi connectivity index (χ3v) is 3.78. The zero-order chi connectivity index (χ0) is 15.5. The summed E-state index contributed by atoms with van der Waals surface area (Å²) in [6, 6.07) is 0. The second-order valence-electron chi connectivity index (χ2n) is 5.52. The van der Waals surface area contributed by atoms with Gasteiger partial charge in [-0.1, -0.05) is 51.2 Å². The van der Waals surface area contributed by atoms with Crippen molar-refractivity contribution in [1.82, 2.24) is 0 Å². The van der Waals surface area contributed by atoms with E-state index < -0.39 is 0 Å². The van der Waals surface area contributed by atoms with Crippen LogP contribution in [-0.2, 0) is 14.3 Å². The molecule has 0 radical (unpaired) electrons. The van der Waals surface area contributed by atoms with Gasteiger partial charge >= 0.3 is 5.97 Å². The van der Waals surface area contributed by atoms with Gasteiger partial charge in [0.1, 0.15) is 5.76 Å². The first-order valence-corrected chi connectivity index (χ1v) is 7.95. The minimum Gasteiger partial charge on any atom is -0.424 e. The number of carbonyl (C=O) groups excluding carboxylic acids is 1. The van der Waals surface area contributed by atoms with Gasteiger partial charge in [-0.25, -0.2) is 4.79 Å². The molecule has 0 amide bonds. The predicted octanol–water partition coefficient (Wildman–Crippen LogP) is 4.70. The Kier molecular flexibility index (Phi) is 8.76. The largest absolute Gasteiger partial charge is 0.424 e. The second kappa shape index (κ2) is 10.4. The van der Waals surface area contributed by atoms with E-state index in [1.165, 1.54) is 38.5 Å². The molecule has 0 fully saturated rings. The van der Waals surface area contributed by atoms with Gasteiger partial charge in [0.2, 0.25) is 0 Å². The van der Waals surface area contributed by atoms with Crippen molar-refractivity contribution in [2.75, 3.05) is 7.11 Å². The van der Waals surface area contributed by atoms with Gasteiger partial charge in [0.15, 0.2) is 0 Å². The molecule has 1 rings (SSSR count). The second-order valence-corrected chi connectivity index (χ2v) is 5.52. The molecule has 3 heteroatoms. The summed E-state index contributed by atoms with van der Waals surface area (Å²) in [7, 11) is 1.64. The molecule has 21 heavy (non-hydrogen) atoms. The number of esters is 1. The maximum absolute atomic E-state index is 11.6. The average Bonchev–Trinajstić information content (AvgIpc) is 2.80. The van der Waals surface area contributed by atoms with Crippen LogP contribution in [0, 0.1) is 0 Å². The van der Waals surface area contributed by atoms with Crippen LogP contribution in [0.5, 0.6) is 0 Å². The fourth-order valence-electron chi connectivity index (χ4n) is 2.57. The molecule has 1 aliphatic rings. The highest BCUT2D eigenvalue weighted by atomic mass is 16.5. The van der Waals surface area contributed by atoms with Gasteiger partial charge in [-0.2, -0.15) is 0 Å². The predicted molar refractivity (Wildman–Crippen MR) is 85.9 cm³/mol. The fourth-order valence-corrected chi connectivity index (χ4v) is 2.57.